The molecule has 0 saturated heterocycles. The number of benzene rings is 2. The number of nitrogens with zero attached hydrogens (tertiary/aromatic N) is 2. The van der Waals surface area contributed by atoms with Crippen LogP contribution in [0.1, 0.15) is 5.82 Å². The molecule has 3 aromatic rings. The van der Waals surface area contributed by atoms with Crippen LogP contribution in [0.5, 0.6) is 0 Å². The molecular weight excluding hydrogens is 372 g/mol. The number of para-hydroxylation sites is 1. The first-order chi connectivity index (χ1) is 12.3. The molecule has 1 heterocycles. The van der Waals surface area contributed by atoms with E-state index in [-0.39, 0.29) is 16.6 Å². The Hall–Kier alpha value is -2.49. The third-order valence-corrected chi connectivity index (χ3v) is 5.41. The Morgan fingerprint density at radius 2 is 1.81 bits per heavy atom. The van der Waals surface area contributed by atoms with E-state index in [0.717, 1.165) is 15.9 Å². The molecule has 0 fully saturated rings. The summed E-state index contributed by atoms with van der Waals surface area (Å²) >= 11 is 1.32. The fourth-order valence-electron chi connectivity index (χ4n) is 2.33. The molecule has 7 nitrogen and oxygen atoms in total. The zero-order valence-corrected chi connectivity index (χ0v) is 15.5. The quantitative estimate of drug-likeness (QED) is 0.512. The molecule has 0 aliphatic heterocycles. The minimum absolute atomic E-state index is 0.00666. The Labute approximate surface area is 155 Å². The Morgan fingerprint density at radius 1 is 1.12 bits per heavy atom. The van der Waals surface area contributed by atoms with Crippen molar-refractivity contribution in [1.29, 1.82) is 0 Å². The van der Waals surface area contributed by atoms with E-state index in [1.165, 1.54) is 36.0 Å². The summed E-state index contributed by atoms with van der Waals surface area (Å²) in [5.74, 6) is 0.584. The van der Waals surface area contributed by atoms with Crippen LogP contribution in [0.4, 0.5) is 5.69 Å². The Kier molecular flexibility index (Phi) is 5.21. The van der Waals surface area contributed by atoms with Crippen LogP contribution in [-0.4, -0.2) is 30.0 Å². The van der Waals surface area contributed by atoms with Gasteiger partial charge in [-0.1, -0.05) is 30.0 Å². The Morgan fingerprint density at radius 3 is 2.50 bits per heavy atom. The normalized spacial score (nSPS) is 11.5. The zero-order chi connectivity index (χ0) is 18.7. The molecule has 134 valence electrons. The van der Waals surface area contributed by atoms with E-state index in [1.807, 2.05) is 31.2 Å². The molecule has 1 amide bonds. The number of nitrogens with one attached hydrogen (secondary N) is 1. The lowest BCUT2D eigenvalue weighted by Gasteiger charge is -2.08. The minimum atomic E-state index is -3.75. The highest BCUT2D eigenvalue weighted by molar-refractivity contribution is 8.00. The van der Waals surface area contributed by atoms with Gasteiger partial charge in [0.1, 0.15) is 10.9 Å². The molecule has 26 heavy (non-hydrogen) atoms. The van der Waals surface area contributed by atoms with Gasteiger partial charge in [-0.25, -0.2) is 23.5 Å². The van der Waals surface area contributed by atoms with E-state index in [2.05, 4.69) is 15.3 Å². The van der Waals surface area contributed by atoms with Crippen molar-refractivity contribution in [2.45, 2.75) is 16.8 Å². The topological polar surface area (TPSA) is 115 Å². The third kappa shape index (κ3) is 4.37. The van der Waals surface area contributed by atoms with Gasteiger partial charge in [0.15, 0.2) is 0 Å². The van der Waals surface area contributed by atoms with Gasteiger partial charge in [-0.15, -0.1) is 0 Å². The first-order valence-corrected chi connectivity index (χ1v) is 10.1. The van der Waals surface area contributed by atoms with Crippen molar-refractivity contribution in [2.24, 2.45) is 5.14 Å². The molecular formula is C17H16N4O3S2. The minimum Gasteiger partial charge on any atom is -0.325 e. The average Bonchev–Trinajstić information content (AvgIpc) is 2.59. The first kappa shape index (κ1) is 18.3. The number of aromatic nitrogens is 2. The largest absolute Gasteiger partial charge is 0.325 e. The summed E-state index contributed by atoms with van der Waals surface area (Å²) in [6.45, 7) is 1.81. The van der Waals surface area contributed by atoms with E-state index in [0.29, 0.717) is 11.5 Å². The number of carbonyl (C=O) groups is 1. The van der Waals surface area contributed by atoms with Crippen molar-refractivity contribution >= 4 is 44.3 Å². The maximum Gasteiger partial charge on any atom is 0.238 e. The van der Waals surface area contributed by atoms with Gasteiger partial charge in [-0.2, -0.15) is 0 Å². The number of fused-ring (bicyclic) bond motifs is 1. The molecule has 3 rings (SSSR count). The number of anilines is 1. The van der Waals surface area contributed by atoms with Gasteiger partial charge in [0.2, 0.25) is 15.9 Å². The molecule has 9 heteroatoms. The Bertz CT molecular complexity index is 1070. The number of hydrogen-bond donors (Lipinski definition) is 2. The van der Waals surface area contributed by atoms with E-state index >= 15 is 0 Å². The van der Waals surface area contributed by atoms with Crippen LogP contribution >= 0.6 is 11.8 Å². The van der Waals surface area contributed by atoms with Crippen LogP contribution in [0, 0.1) is 6.92 Å². The van der Waals surface area contributed by atoms with E-state index in [1.54, 1.807) is 0 Å². The zero-order valence-electron chi connectivity index (χ0n) is 13.8. The maximum atomic E-state index is 12.2. The third-order valence-electron chi connectivity index (χ3n) is 3.49. The maximum absolute atomic E-state index is 12.2. The van der Waals surface area contributed by atoms with Crippen molar-refractivity contribution in [3.63, 3.8) is 0 Å². The van der Waals surface area contributed by atoms with Crippen LogP contribution in [0.15, 0.2) is 58.5 Å². The van der Waals surface area contributed by atoms with Gasteiger partial charge in [0.05, 0.1) is 16.2 Å². The first-order valence-electron chi connectivity index (χ1n) is 7.62. The standard InChI is InChI=1S/C17H16N4O3S2/c1-11-19-15-5-3-2-4-14(15)17(20-11)25-10-16(22)21-12-6-8-13(9-7-12)26(18,23)24/h2-9H,10H2,1H3,(H,21,22)(H2,18,23,24). The summed E-state index contributed by atoms with van der Waals surface area (Å²) in [4.78, 5) is 20.9. The van der Waals surface area contributed by atoms with E-state index in [4.69, 9.17) is 5.14 Å². The lowest BCUT2D eigenvalue weighted by Crippen LogP contribution is -2.15. The summed E-state index contributed by atoms with van der Waals surface area (Å²) < 4.78 is 22.5. The van der Waals surface area contributed by atoms with Crippen LogP contribution in [-0.2, 0) is 14.8 Å². The molecule has 0 bridgehead atoms. The summed E-state index contributed by atoms with van der Waals surface area (Å²) in [7, 11) is -3.75. The van der Waals surface area contributed by atoms with E-state index < -0.39 is 10.0 Å². The fraction of sp³-hybridized carbons (Fsp3) is 0.118. The number of thioether (sulfide) groups is 1. The van der Waals surface area contributed by atoms with Crippen LogP contribution < -0.4 is 10.5 Å². The SMILES string of the molecule is Cc1nc(SCC(=O)Nc2ccc(S(N)(=O)=O)cc2)c2ccccc2n1. The van der Waals surface area contributed by atoms with Crippen LogP contribution in [0.2, 0.25) is 0 Å². The lowest BCUT2D eigenvalue weighted by atomic mass is 10.2. The second kappa shape index (κ2) is 7.40. The molecule has 1 aromatic heterocycles. The van der Waals surface area contributed by atoms with Crippen molar-refractivity contribution in [3.8, 4) is 0 Å². The molecule has 0 aliphatic carbocycles. The molecule has 0 atom stereocenters. The number of hydrogen-bond acceptors (Lipinski definition) is 6. The van der Waals surface area contributed by atoms with Gasteiger partial charge < -0.3 is 5.32 Å². The monoisotopic (exact) mass is 388 g/mol. The number of amides is 1. The Balaban J connectivity index is 1.68. The molecule has 0 saturated carbocycles. The predicted molar refractivity (Wildman–Crippen MR) is 101 cm³/mol. The number of sulfonamides is 1. The number of carbonyl (C=O) groups excluding carboxylic acids is 1. The van der Waals surface area contributed by atoms with Gasteiger partial charge in [0, 0.05) is 11.1 Å². The predicted octanol–water partition coefficient (Wildman–Crippen LogP) is 2.32. The average molecular weight is 388 g/mol. The number of nitrogens with two attached hydrogens (primary N) is 1. The van der Waals surface area contributed by atoms with Gasteiger partial charge >= 0.3 is 0 Å². The van der Waals surface area contributed by atoms with Crippen molar-refractivity contribution in [2.75, 3.05) is 11.1 Å². The smallest absolute Gasteiger partial charge is 0.238 e. The van der Waals surface area contributed by atoms with Gasteiger partial charge in [0.25, 0.3) is 0 Å². The van der Waals surface area contributed by atoms with Crippen molar-refractivity contribution < 1.29 is 13.2 Å². The highest BCUT2D eigenvalue weighted by Crippen LogP contribution is 2.25. The van der Waals surface area contributed by atoms with Gasteiger partial charge in [-0.3, -0.25) is 4.79 Å². The highest BCUT2D eigenvalue weighted by Gasteiger charge is 2.11. The highest BCUT2D eigenvalue weighted by atomic mass is 32.2. The van der Waals surface area contributed by atoms with Crippen molar-refractivity contribution in [1.82, 2.24) is 9.97 Å². The molecule has 0 aliphatic rings. The van der Waals surface area contributed by atoms with Crippen molar-refractivity contribution in [3.05, 3.63) is 54.4 Å². The van der Waals surface area contributed by atoms with E-state index in [9.17, 15) is 13.2 Å². The second-order valence-corrected chi connectivity index (χ2v) is 8.02. The summed E-state index contributed by atoms with van der Waals surface area (Å²) in [6.07, 6.45) is 0. The fourth-order valence-corrected chi connectivity index (χ4v) is 3.71. The number of rotatable bonds is 5. The van der Waals surface area contributed by atoms with Crippen LogP contribution in [0.3, 0.4) is 0 Å². The summed E-state index contributed by atoms with van der Waals surface area (Å²) in [6, 6.07) is 13.3. The molecule has 0 unspecified atom stereocenters. The summed E-state index contributed by atoms with van der Waals surface area (Å²) in [5.41, 5.74) is 1.33. The second-order valence-electron chi connectivity index (χ2n) is 5.50. The molecule has 0 radical (unpaired) electrons. The number of primary sulfonamides is 1. The summed E-state index contributed by atoms with van der Waals surface area (Å²) in [5, 5.41) is 9.40. The molecule has 0 spiro atoms. The number of aryl methyl sites for hydroxylation is 1. The lowest BCUT2D eigenvalue weighted by molar-refractivity contribution is -0.113. The van der Waals surface area contributed by atoms with Crippen LogP contribution in [0.25, 0.3) is 10.9 Å². The molecule has 3 N–H and O–H groups in total. The molecule has 2 aromatic carbocycles. The van der Waals surface area contributed by atoms with Gasteiger partial charge in [-0.05, 0) is 37.3 Å².